The van der Waals surface area contributed by atoms with Gasteiger partial charge in [-0.15, -0.1) is 0 Å². The van der Waals surface area contributed by atoms with E-state index in [-0.39, 0.29) is 24.3 Å². The van der Waals surface area contributed by atoms with Crippen molar-refractivity contribution >= 4 is 11.7 Å². The third-order valence-electron chi connectivity index (χ3n) is 4.26. The van der Waals surface area contributed by atoms with Gasteiger partial charge in [-0.25, -0.2) is 4.79 Å². The molecule has 2 amide bonds. The summed E-state index contributed by atoms with van der Waals surface area (Å²) in [6.45, 7) is 0.236. The minimum atomic E-state index is -0.449. The number of hydrogen-bond acceptors (Lipinski definition) is 4. The lowest BCUT2D eigenvalue weighted by Crippen LogP contribution is -2.38. The Balaban J connectivity index is 1.59. The second kappa shape index (κ2) is 6.69. The van der Waals surface area contributed by atoms with Crippen LogP contribution in [0.25, 0.3) is 0 Å². The first-order valence-electron chi connectivity index (χ1n) is 7.83. The van der Waals surface area contributed by atoms with Crippen molar-refractivity contribution in [2.45, 2.75) is 31.8 Å². The molecule has 0 spiro atoms. The van der Waals surface area contributed by atoms with E-state index in [0.717, 1.165) is 30.5 Å². The van der Waals surface area contributed by atoms with E-state index in [1.54, 1.807) is 18.3 Å². The van der Waals surface area contributed by atoms with Gasteiger partial charge >= 0.3 is 6.03 Å². The predicted octanol–water partition coefficient (Wildman–Crippen LogP) is 2.21. The topological polar surface area (TPSA) is 102 Å². The van der Waals surface area contributed by atoms with Crippen LogP contribution in [0.5, 0.6) is 0 Å². The third-order valence-corrected chi connectivity index (χ3v) is 4.26. The smallest absolute Gasteiger partial charge is 0.315 e. The highest BCUT2D eigenvalue weighted by molar-refractivity contribution is 5.74. The molecule has 1 aromatic carbocycles. The summed E-state index contributed by atoms with van der Waals surface area (Å²) < 4.78 is 1.85. The Kier molecular flexibility index (Phi) is 4.45. The fourth-order valence-electron chi connectivity index (χ4n) is 3.03. The number of non-ortho nitro benzene ring substituents is 1. The molecular formula is C16H19N5O3. The van der Waals surface area contributed by atoms with Gasteiger partial charge in [-0.3, -0.25) is 14.8 Å². The first kappa shape index (κ1) is 16.0. The van der Waals surface area contributed by atoms with Crippen LogP contribution < -0.4 is 10.6 Å². The van der Waals surface area contributed by atoms with Crippen LogP contribution in [0.15, 0.2) is 30.5 Å². The lowest BCUT2D eigenvalue weighted by molar-refractivity contribution is -0.384. The molecule has 0 bridgehead atoms. The number of nitrogens with zero attached hydrogens (tertiary/aromatic N) is 3. The van der Waals surface area contributed by atoms with E-state index >= 15 is 0 Å². The summed E-state index contributed by atoms with van der Waals surface area (Å²) in [5, 5.41) is 20.7. The number of carbonyl (C=O) groups is 1. The van der Waals surface area contributed by atoms with Gasteiger partial charge in [0.2, 0.25) is 0 Å². The summed E-state index contributed by atoms with van der Waals surface area (Å²) in [6, 6.07) is 5.90. The number of aromatic nitrogens is 2. The van der Waals surface area contributed by atoms with Crippen LogP contribution in [0.1, 0.15) is 35.7 Å². The SMILES string of the molecule is Cn1ncc2c1CCC[C@H]2NC(=O)NCc1cccc([N+](=O)[O-])c1. The standard InChI is InChI=1S/C16H19N5O3/c1-20-15-7-3-6-14(13(15)10-18-20)19-16(22)17-9-11-4-2-5-12(8-11)21(23)24/h2,4-5,8,10,14H,3,6-7,9H2,1H3,(H2,17,19,22)/t14-/m1/s1. The number of fused-ring (bicyclic) bond motifs is 1. The molecule has 3 rings (SSSR count). The number of carbonyl (C=O) groups excluding carboxylic acids is 1. The molecule has 0 saturated heterocycles. The minimum absolute atomic E-state index is 0.0157. The Labute approximate surface area is 139 Å². The lowest BCUT2D eigenvalue weighted by atomic mass is 9.93. The average molecular weight is 329 g/mol. The van der Waals surface area contributed by atoms with Gasteiger partial charge in [0.25, 0.3) is 5.69 Å². The molecule has 1 aromatic heterocycles. The molecule has 1 atom stereocenters. The Hall–Kier alpha value is -2.90. The van der Waals surface area contributed by atoms with Gasteiger partial charge in [0.15, 0.2) is 0 Å². The summed E-state index contributed by atoms with van der Waals surface area (Å²) >= 11 is 0. The molecule has 2 aromatic rings. The van der Waals surface area contributed by atoms with E-state index in [1.165, 1.54) is 12.1 Å². The largest absolute Gasteiger partial charge is 0.334 e. The summed E-state index contributed by atoms with van der Waals surface area (Å²) in [7, 11) is 1.91. The van der Waals surface area contributed by atoms with Crippen molar-refractivity contribution in [2.24, 2.45) is 7.05 Å². The molecule has 0 aliphatic heterocycles. The highest BCUT2D eigenvalue weighted by Gasteiger charge is 2.24. The first-order valence-corrected chi connectivity index (χ1v) is 7.83. The van der Waals surface area contributed by atoms with Crippen LogP contribution in [0, 0.1) is 10.1 Å². The van der Waals surface area contributed by atoms with Gasteiger partial charge in [-0.05, 0) is 24.8 Å². The zero-order valence-electron chi connectivity index (χ0n) is 13.4. The fraction of sp³-hybridized carbons (Fsp3) is 0.375. The second-order valence-electron chi connectivity index (χ2n) is 5.87. The van der Waals surface area contributed by atoms with E-state index in [0.29, 0.717) is 5.56 Å². The number of aryl methyl sites for hydroxylation is 1. The lowest BCUT2D eigenvalue weighted by Gasteiger charge is -2.24. The van der Waals surface area contributed by atoms with Gasteiger partial charge in [0.05, 0.1) is 17.2 Å². The van der Waals surface area contributed by atoms with Gasteiger partial charge < -0.3 is 10.6 Å². The van der Waals surface area contributed by atoms with Crippen molar-refractivity contribution in [1.29, 1.82) is 0 Å². The number of hydrogen-bond donors (Lipinski definition) is 2. The summed E-state index contributed by atoms with van der Waals surface area (Å²) in [5.41, 5.74) is 2.92. The average Bonchev–Trinajstić information content (AvgIpc) is 2.96. The molecular weight excluding hydrogens is 310 g/mol. The molecule has 1 aliphatic carbocycles. The number of rotatable bonds is 4. The Bertz CT molecular complexity index is 771. The number of benzene rings is 1. The molecule has 1 aliphatic rings. The van der Waals surface area contributed by atoms with E-state index < -0.39 is 4.92 Å². The van der Waals surface area contributed by atoms with Crippen molar-refractivity contribution in [3.05, 3.63) is 57.4 Å². The minimum Gasteiger partial charge on any atom is -0.334 e. The highest BCUT2D eigenvalue weighted by atomic mass is 16.6. The molecule has 8 nitrogen and oxygen atoms in total. The Morgan fingerprint density at radius 1 is 1.50 bits per heavy atom. The molecule has 0 radical (unpaired) electrons. The van der Waals surface area contributed by atoms with E-state index in [2.05, 4.69) is 15.7 Å². The molecule has 0 saturated carbocycles. The van der Waals surface area contributed by atoms with Crippen LogP contribution in [0.4, 0.5) is 10.5 Å². The summed E-state index contributed by atoms with van der Waals surface area (Å²) in [5.74, 6) is 0. The highest BCUT2D eigenvalue weighted by Crippen LogP contribution is 2.28. The first-order chi connectivity index (χ1) is 11.5. The molecule has 1 heterocycles. The van der Waals surface area contributed by atoms with Gasteiger partial charge in [0.1, 0.15) is 0 Å². The van der Waals surface area contributed by atoms with Crippen LogP contribution in [0.2, 0.25) is 0 Å². The van der Waals surface area contributed by atoms with Crippen LogP contribution in [0.3, 0.4) is 0 Å². The number of urea groups is 1. The Morgan fingerprint density at radius 2 is 2.33 bits per heavy atom. The molecule has 0 fully saturated rings. The van der Waals surface area contributed by atoms with E-state index in [4.69, 9.17) is 0 Å². The quantitative estimate of drug-likeness (QED) is 0.663. The Morgan fingerprint density at radius 3 is 3.12 bits per heavy atom. The maximum Gasteiger partial charge on any atom is 0.315 e. The number of nitro benzene ring substituents is 1. The van der Waals surface area contributed by atoms with Crippen molar-refractivity contribution in [3.8, 4) is 0 Å². The molecule has 24 heavy (non-hydrogen) atoms. The van der Waals surface area contributed by atoms with Crippen LogP contribution in [-0.2, 0) is 20.0 Å². The van der Waals surface area contributed by atoms with Gasteiger partial charge in [0, 0.05) is 37.0 Å². The van der Waals surface area contributed by atoms with Gasteiger partial charge in [-0.2, -0.15) is 5.10 Å². The summed E-state index contributed by atoms with van der Waals surface area (Å²) in [6.07, 6.45) is 4.66. The number of nitro groups is 1. The van der Waals surface area contributed by atoms with E-state index in [1.807, 2.05) is 11.7 Å². The van der Waals surface area contributed by atoms with E-state index in [9.17, 15) is 14.9 Å². The van der Waals surface area contributed by atoms with Crippen LogP contribution >= 0.6 is 0 Å². The second-order valence-corrected chi connectivity index (χ2v) is 5.87. The van der Waals surface area contributed by atoms with Crippen LogP contribution in [-0.4, -0.2) is 20.7 Å². The normalized spacial score (nSPS) is 16.3. The fourth-order valence-corrected chi connectivity index (χ4v) is 3.03. The van der Waals surface area contributed by atoms with Gasteiger partial charge in [-0.1, -0.05) is 12.1 Å². The van der Waals surface area contributed by atoms with Crippen molar-refractivity contribution in [3.63, 3.8) is 0 Å². The zero-order valence-corrected chi connectivity index (χ0v) is 13.4. The molecule has 8 heteroatoms. The predicted molar refractivity (Wildman–Crippen MR) is 87.4 cm³/mol. The molecule has 2 N–H and O–H groups in total. The van der Waals surface area contributed by atoms with Crippen molar-refractivity contribution in [2.75, 3.05) is 0 Å². The molecule has 0 unspecified atom stereocenters. The number of nitrogens with one attached hydrogen (secondary N) is 2. The third kappa shape index (κ3) is 3.37. The zero-order chi connectivity index (χ0) is 17.1. The van der Waals surface area contributed by atoms with Crippen molar-refractivity contribution in [1.82, 2.24) is 20.4 Å². The number of amides is 2. The molecule has 126 valence electrons. The summed E-state index contributed by atoms with van der Waals surface area (Å²) in [4.78, 5) is 22.5. The maximum absolute atomic E-state index is 12.1. The maximum atomic E-state index is 12.1. The monoisotopic (exact) mass is 329 g/mol. The van der Waals surface area contributed by atoms with Crippen molar-refractivity contribution < 1.29 is 9.72 Å².